The summed E-state index contributed by atoms with van der Waals surface area (Å²) in [5.41, 5.74) is 1.79. The van der Waals surface area contributed by atoms with Crippen molar-refractivity contribution in [3.05, 3.63) is 71.8 Å². The van der Waals surface area contributed by atoms with Crippen molar-refractivity contribution in [2.24, 2.45) is 0 Å². The van der Waals surface area contributed by atoms with Gasteiger partial charge in [0.05, 0.1) is 25.9 Å². The van der Waals surface area contributed by atoms with E-state index in [1.54, 1.807) is 0 Å². The maximum absolute atomic E-state index is 12.0. The average Bonchev–Trinajstić information content (AvgIpc) is 3.40. The first-order valence-electron chi connectivity index (χ1n) is 16.9. The van der Waals surface area contributed by atoms with Crippen LogP contribution >= 0.6 is 0 Å². The van der Waals surface area contributed by atoms with Gasteiger partial charge in [-0.2, -0.15) is 0 Å². The molecule has 3 rings (SSSR count). The molecular weight excluding hydrogens is 538 g/mol. The summed E-state index contributed by atoms with van der Waals surface area (Å²) in [6.07, 6.45) is 12.8. The highest BCUT2D eigenvalue weighted by Gasteiger charge is 2.52. The highest BCUT2D eigenvalue weighted by molar-refractivity contribution is 5.69. The second-order valence-corrected chi connectivity index (χ2v) is 12.1. The molecule has 1 fully saturated rings. The molecule has 240 valence electrons. The zero-order valence-electron chi connectivity index (χ0n) is 27.1. The van der Waals surface area contributed by atoms with Crippen LogP contribution in [0.25, 0.3) is 0 Å². The van der Waals surface area contributed by atoms with Crippen molar-refractivity contribution in [1.29, 1.82) is 0 Å². The van der Waals surface area contributed by atoms with E-state index < -0.39 is 5.72 Å². The van der Waals surface area contributed by atoms with E-state index in [0.29, 0.717) is 32.8 Å². The predicted octanol–water partition coefficient (Wildman–Crippen LogP) is 8.47. The number of carbonyl (C=O) groups excluding carboxylic acids is 1. The average molecular weight is 596 g/mol. The lowest BCUT2D eigenvalue weighted by atomic mass is 10.1. The molecule has 2 aromatic rings. The third-order valence-corrected chi connectivity index (χ3v) is 8.50. The van der Waals surface area contributed by atoms with Crippen molar-refractivity contribution in [1.82, 2.24) is 4.90 Å². The maximum Gasteiger partial charge on any atom is 0.305 e. The minimum atomic E-state index is -0.556. The SMILES string of the molecule is CCCCCCCO[C@@]1(N(C)CCCCCC(=O)OCCCC)C[C@@H](OCc2ccccc2)C[C@H]1OCc1ccccc1. The maximum atomic E-state index is 12.0. The van der Waals surface area contributed by atoms with Crippen LogP contribution in [0, 0.1) is 0 Å². The van der Waals surface area contributed by atoms with Crippen LogP contribution in [0.4, 0.5) is 0 Å². The van der Waals surface area contributed by atoms with Gasteiger partial charge in [-0.05, 0) is 43.9 Å². The summed E-state index contributed by atoms with van der Waals surface area (Å²) in [6, 6.07) is 20.8. The summed E-state index contributed by atoms with van der Waals surface area (Å²) in [7, 11) is 2.18. The van der Waals surface area contributed by atoms with Gasteiger partial charge in [-0.3, -0.25) is 9.69 Å². The number of likely N-dealkylation sites (N-methyl/N-ethyl adjacent to an activating group) is 1. The number of hydrogen-bond acceptors (Lipinski definition) is 6. The number of benzene rings is 2. The zero-order chi connectivity index (χ0) is 30.6. The predicted molar refractivity (Wildman–Crippen MR) is 174 cm³/mol. The highest BCUT2D eigenvalue weighted by Crippen LogP contribution is 2.41. The largest absolute Gasteiger partial charge is 0.466 e. The molecule has 0 spiro atoms. The lowest BCUT2D eigenvalue weighted by Crippen LogP contribution is -2.55. The van der Waals surface area contributed by atoms with Crippen molar-refractivity contribution in [3.8, 4) is 0 Å². The van der Waals surface area contributed by atoms with Crippen LogP contribution in [0.3, 0.4) is 0 Å². The van der Waals surface area contributed by atoms with Crippen LogP contribution < -0.4 is 0 Å². The molecule has 2 aromatic carbocycles. The molecule has 0 amide bonds. The fourth-order valence-corrected chi connectivity index (χ4v) is 5.85. The van der Waals surface area contributed by atoms with Crippen LogP contribution in [-0.2, 0) is 37.0 Å². The van der Waals surface area contributed by atoms with E-state index >= 15 is 0 Å². The van der Waals surface area contributed by atoms with Crippen LogP contribution in [0.5, 0.6) is 0 Å². The molecule has 0 aromatic heterocycles. The summed E-state index contributed by atoms with van der Waals surface area (Å²) in [5, 5.41) is 0. The summed E-state index contributed by atoms with van der Waals surface area (Å²) >= 11 is 0. The summed E-state index contributed by atoms with van der Waals surface area (Å²) in [4.78, 5) is 14.4. The smallest absolute Gasteiger partial charge is 0.305 e. The Morgan fingerprint density at radius 3 is 2.07 bits per heavy atom. The van der Waals surface area contributed by atoms with Crippen molar-refractivity contribution < 1.29 is 23.7 Å². The Hall–Kier alpha value is -2.25. The van der Waals surface area contributed by atoms with Gasteiger partial charge in [-0.15, -0.1) is 0 Å². The minimum Gasteiger partial charge on any atom is -0.466 e. The number of unbranched alkanes of at least 4 members (excludes halogenated alkanes) is 7. The van der Waals surface area contributed by atoms with Crippen LogP contribution in [0.1, 0.15) is 108 Å². The fourth-order valence-electron chi connectivity index (χ4n) is 5.85. The van der Waals surface area contributed by atoms with E-state index in [1.165, 1.54) is 31.2 Å². The van der Waals surface area contributed by atoms with Crippen molar-refractivity contribution in [3.63, 3.8) is 0 Å². The van der Waals surface area contributed by atoms with Gasteiger partial charge in [-0.25, -0.2) is 0 Å². The topological polar surface area (TPSA) is 57.2 Å². The number of hydrogen-bond donors (Lipinski definition) is 0. The number of ether oxygens (including phenoxy) is 4. The molecule has 0 unspecified atom stereocenters. The van der Waals surface area contributed by atoms with Crippen molar-refractivity contribution in [2.75, 3.05) is 26.8 Å². The molecule has 1 aliphatic rings. The normalized spacial score (nSPS) is 20.1. The molecule has 0 aliphatic heterocycles. The van der Waals surface area contributed by atoms with Gasteiger partial charge in [0.25, 0.3) is 0 Å². The molecule has 0 bridgehead atoms. The van der Waals surface area contributed by atoms with Gasteiger partial charge in [0.15, 0.2) is 0 Å². The molecule has 1 saturated carbocycles. The Morgan fingerprint density at radius 2 is 1.40 bits per heavy atom. The molecule has 0 radical (unpaired) electrons. The van der Waals surface area contributed by atoms with E-state index in [4.69, 9.17) is 18.9 Å². The Bertz CT molecular complexity index is 987. The second-order valence-electron chi connectivity index (χ2n) is 12.1. The minimum absolute atomic E-state index is 0.0430. The van der Waals surface area contributed by atoms with E-state index in [9.17, 15) is 4.79 Å². The van der Waals surface area contributed by atoms with E-state index in [-0.39, 0.29) is 18.2 Å². The van der Waals surface area contributed by atoms with E-state index in [2.05, 4.69) is 74.3 Å². The van der Waals surface area contributed by atoms with Crippen molar-refractivity contribution in [2.45, 2.75) is 128 Å². The number of esters is 1. The molecule has 43 heavy (non-hydrogen) atoms. The van der Waals surface area contributed by atoms with Crippen LogP contribution in [0.2, 0.25) is 0 Å². The summed E-state index contributed by atoms with van der Waals surface area (Å²) in [5.74, 6) is -0.0757. The molecule has 3 atom stereocenters. The van der Waals surface area contributed by atoms with E-state index in [1.807, 2.05) is 12.1 Å². The molecule has 0 saturated heterocycles. The first kappa shape index (κ1) is 35.2. The molecule has 0 heterocycles. The molecular formula is C37H57NO5. The van der Waals surface area contributed by atoms with Gasteiger partial charge < -0.3 is 18.9 Å². The number of nitrogens with zero attached hydrogens (tertiary/aromatic N) is 1. The van der Waals surface area contributed by atoms with Gasteiger partial charge in [0.2, 0.25) is 0 Å². The van der Waals surface area contributed by atoms with Gasteiger partial charge in [0, 0.05) is 32.4 Å². The summed E-state index contributed by atoms with van der Waals surface area (Å²) < 4.78 is 25.5. The number of rotatable bonds is 23. The van der Waals surface area contributed by atoms with E-state index in [0.717, 1.165) is 63.5 Å². The lowest BCUT2D eigenvalue weighted by Gasteiger charge is -2.43. The highest BCUT2D eigenvalue weighted by atomic mass is 16.6. The van der Waals surface area contributed by atoms with Crippen LogP contribution in [0.15, 0.2) is 60.7 Å². The first-order valence-corrected chi connectivity index (χ1v) is 16.9. The fraction of sp³-hybridized carbons (Fsp3) is 0.649. The Balaban J connectivity index is 1.65. The van der Waals surface area contributed by atoms with Crippen molar-refractivity contribution >= 4 is 5.97 Å². The Morgan fingerprint density at radius 1 is 0.767 bits per heavy atom. The third-order valence-electron chi connectivity index (χ3n) is 8.50. The Kier molecular flexibility index (Phi) is 16.9. The lowest BCUT2D eigenvalue weighted by molar-refractivity contribution is -0.211. The molecule has 0 N–H and O–H groups in total. The monoisotopic (exact) mass is 595 g/mol. The zero-order valence-corrected chi connectivity index (χ0v) is 27.1. The molecule has 6 nitrogen and oxygen atoms in total. The van der Waals surface area contributed by atoms with Crippen LogP contribution in [-0.4, -0.2) is 55.6 Å². The van der Waals surface area contributed by atoms with Gasteiger partial charge in [0.1, 0.15) is 11.8 Å². The Labute approximate surface area is 261 Å². The number of carbonyl (C=O) groups is 1. The molecule has 6 heteroatoms. The first-order chi connectivity index (χ1) is 21.1. The quantitative estimate of drug-likeness (QED) is 0.0730. The standard InChI is InChI=1S/C37H57NO5/c1-4-6-8-9-19-27-43-37(38(3)25-18-12-17-24-36(39)40-26-7-5-2)29-34(41-30-32-20-13-10-14-21-32)28-35(37)42-31-33-22-15-11-16-23-33/h10-11,13-16,20-23,34-35H,4-9,12,17-19,24-31H2,1-3H3/t34-,35+,37-/m0/s1. The molecule has 1 aliphatic carbocycles. The third kappa shape index (κ3) is 12.7. The second kappa shape index (κ2) is 20.7. The van der Waals surface area contributed by atoms with Gasteiger partial charge >= 0.3 is 5.97 Å². The van der Waals surface area contributed by atoms with Gasteiger partial charge in [-0.1, -0.05) is 113 Å². The summed E-state index contributed by atoms with van der Waals surface area (Å²) in [6.45, 7) is 7.61.